The average molecular weight is 510 g/mol. The number of aromatic nitrogens is 5. The maximum atomic E-state index is 14.2. The van der Waals surface area contributed by atoms with E-state index in [0.717, 1.165) is 40.2 Å². The van der Waals surface area contributed by atoms with Crippen LogP contribution in [0, 0.1) is 23.1 Å². The lowest BCUT2D eigenvalue weighted by Gasteiger charge is -2.20. The third-order valence-electron chi connectivity index (χ3n) is 7.43. The molecule has 0 saturated heterocycles. The van der Waals surface area contributed by atoms with E-state index in [9.17, 15) is 9.18 Å². The van der Waals surface area contributed by atoms with Crippen molar-refractivity contribution in [3.05, 3.63) is 99.1 Å². The van der Waals surface area contributed by atoms with Crippen molar-refractivity contribution in [2.45, 2.75) is 24.8 Å². The fourth-order valence-corrected chi connectivity index (χ4v) is 5.82. The number of tetrazole rings is 1. The Morgan fingerprint density at radius 1 is 1.11 bits per heavy atom. The molecule has 2 aromatic heterocycles. The summed E-state index contributed by atoms with van der Waals surface area (Å²) < 4.78 is 17.6. The standard InChI is InChI=1S/C27H17ClFN7O/c28-18-3-4-24(35-13-32-33-34-35)19(9-18)16-7-25-20-10-21(20)27(36(25)26(37)8-16)23-6-17(12-31-23)14-1-2-15(11-30)22(29)5-14/h1-5,7-9,12-13,20-21,27H,6,10H2/t20-,21+,27+/m1/s1. The molecule has 1 fully saturated rings. The lowest BCUT2D eigenvalue weighted by atomic mass is 9.97. The normalized spacial score (nSPS) is 21.2. The molecule has 0 radical (unpaired) electrons. The minimum Gasteiger partial charge on any atom is -0.303 e. The van der Waals surface area contributed by atoms with Crippen LogP contribution in [0.2, 0.25) is 5.02 Å². The van der Waals surface area contributed by atoms with Crippen molar-refractivity contribution in [3.8, 4) is 22.9 Å². The molecule has 0 bridgehead atoms. The van der Waals surface area contributed by atoms with Gasteiger partial charge in [0.15, 0.2) is 0 Å². The SMILES string of the molecule is N#Cc1ccc(C2=CN=C([C@@H]3[C@H]4C[C@H]4c4cc(-c5cc(Cl)ccc5-n5cnnn5)cc(=O)n43)C2)cc1F. The van der Waals surface area contributed by atoms with Gasteiger partial charge in [0.1, 0.15) is 18.2 Å². The van der Waals surface area contributed by atoms with Gasteiger partial charge in [-0.3, -0.25) is 9.79 Å². The van der Waals surface area contributed by atoms with Crippen molar-refractivity contribution >= 4 is 22.9 Å². The number of hydrogen-bond donors (Lipinski definition) is 0. The second-order valence-electron chi connectivity index (χ2n) is 9.50. The summed E-state index contributed by atoms with van der Waals surface area (Å²) >= 11 is 6.32. The van der Waals surface area contributed by atoms with E-state index in [2.05, 4.69) is 26.6 Å². The van der Waals surface area contributed by atoms with E-state index < -0.39 is 5.82 Å². The first kappa shape index (κ1) is 21.8. The Balaban J connectivity index is 1.23. The highest BCUT2D eigenvalue weighted by Gasteiger charge is 2.54. The van der Waals surface area contributed by atoms with Gasteiger partial charge in [0.2, 0.25) is 0 Å². The molecule has 3 aliphatic rings. The first-order valence-corrected chi connectivity index (χ1v) is 12.1. The molecule has 4 heterocycles. The fourth-order valence-electron chi connectivity index (χ4n) is 5.65. The summed E-state index contributed by atoms with van der Waals surface area (Å²) in [5.74, 6) is 0.0477. The molecule has 37 heavy (non-hydrogen) atoms. The third-order valence-corrected chi connectivity index (χ3v) is 7.66. The molecule has 7 rings (SSSR count). The van der Waals surface area contributed by atoms with Crippen LogP contribution in [-0.4, -0.2) is 30.5 Å². The number of allylic oxidation sites excluding steroid dienone is 1. The van der Waals surface area contributed by atoms with E-state index in [1.807, 2.05) is 22.8 Å². The van der Waals surface area contributed by atoms with E-state index in [-0.39, 0.29) is 23.1 Å². The third kappa shape index (κ3) is 3.44. The topological polar surface area (TPSA) is 102 Å². The van der Waals surface area contributed by atoms with Crippen LogP contribution in [0.1, 0.15) is 41.6 Å². The summed E-state index contributed by atoms with van der Waals surface area (Å²) in [5, 5.41) is 21.0. The van der Waals surface area contributed by atoms with Gasteiger partial charge in [-0.15, -0.1) is 5.10 Å². The number of rotatable bonds is 4. The van der Waals surface area contributed by atoms with Crippen LogP contribution in [0.3, 0.4) is 0 Å². The molecule has 2 aliphatic heterocycles. The van der Waals surface area contributed by atoms with E-state index >= 15 is 0 Å². The number of fused-ring (bicyclic) bond motifs is 3. The van der Waals surface area contributed by atoms with E-state index in [1.54, 1.807) is 29.1 Å². The van der Waals surface area contributed by atoms with Crippen LogP contribution in [0.5, 0.6) is 0 Å². The van der Waals surface area contributed by atoms with Crippen molar-refractivity contribution < 1.29 is 4.39 Å². The number of nitriles is 1. The highest BCUT2D eigenvalue weighted by Crippen LogP contribution is 2.60. The first-order chi connectivity index (χ1) is 18.0. The van der Waals surface area contributed by atoms with Gasteiger partial charge in [-0.1, -0.05) is 17.7 Å². The molecule has 3 atom stereocenters. The number of pyridine rings is 1. The number of benzene rings is 2. The van der Waals surface area contributed by atoms with E-state index in [1.165, 1.54) is 18.5 Å². The number of nitrogens with zero attached hydrogens (tertiary/aromatic N) is 7. The van der Waals surface area contributed by atoms with Crippen molar-refractivity contribution in [3.63, 3.8) is 0 Å². The monoisotopic (exact) mass is 509 g/mol. The predicted molar refractivity (Wildman–Crippen MR) is 135 cm³/mol. The minimum atomic E-state index is -0.548. The first-order valence-electron chi connectivity index (χ1n) is 11.8. The Morgan fingerprint density at radius 2 is 2.00 bits per heavy atom. The van der Waals surface area contributed by atoms with Gasteiger partial charge in [0.25, 0.3) is 5.56 Å². The number of halogens is 2. The van der Waals surface area contributed by atoms with Crippen LogP contribution >= 0.6 is 11.6 Å². The van der Waals surface area contributed by atoms with Crippen molar-refractivity contribution in [1.29, 1.82) is 5.26 Å². The maximum absolute atomic E-state index is 14.2. The highest BCUT2D eigenvalue weighted by molar-refractivity contribution is 6.31. The number of hydrogen-bond acceptors (Lipinski definition) is 6. The Hall–Kier alpha value is -4.42. The zero-order valence-corrected chi connectivity index (χ0v) is 20.0. The van der Waals surface area contributed by atoms with Gasteiger partial charge < -0.3 is 4.57 Å². The lowest BCUT2D eigenvalue weighted by Crippen LogP contribution is -2.29. The average Bonchev–Trinajstić information content (AvgIpc) is 3.25. The summed E-state index contributed by atoms with van der Waals surface area (Å²) in [4.78, 5) is 18.2. The summed E-state index contributed by atoms with van der Waals surface area (Å²) in [6.07, 6.45) is 4.77. The molecule has 10 heteroatoms. The molecule has 8 nitrogen and oxygen atoms in total. The largest absolute Gasteiger partial charge is 0.303 e. The predicted octanol–water partition coefficient (Wildman–Crippen LogP) is 4.70. The maximum Gasteiger partial charge on any atom is 0.251 e. The summed E-state index contributed by atoms with van der Waals surface area (Å²) in [6, 6.07) is 15.4. The van der Waals surface area contributed by atoms with Gasteiger partial charge in [0.05, 0.1) is 17.3 Å². The van der Waals surface area contributed by atoms with Crippen molar-refractivity contribution in [2.24, 2.45) is 10.9 Å². The molecule has 1 saturated carbocycles. The Bertz CT molecular complexity index is 1770. The highest BCUT2D eigenvalue weighted by atomic mass is 35.5. The van der Waals surface area contributed by atoms with Crippen molar-refractivity contribution in [2.75, 3.05) is 0 Å². The Labute approximate surface area is 215 Å². The van der Waals surface area contributed by atoms with Gasteiger partial charge in [0, 0.05) is 46.6 Å². The Morgan fingerprint density at radius 3 is 2.78 bits per heavy atom. The van der Waals surface area contributed by atoms with E-state index in [0.29, 0.717) is 22.9 Å². The summed E-state index contributed by atoms with van der Waals surface area (Å²) in [7, 11) is 0. The Kier molecular flexibility index (Phi) is 4.75. The van der Waals surface area contributed by atoms with Gasteiger partial charge >= 0.3 is 0 Å². The molecule has 0 unspecified atom stereocenters. The second kappa shape index (κ2) is 8.05. The van der Waals surface area contributed by atoms with Crippen molar-refractivity contribution in [1.82, 2.24) is 24.8 Å². The van der Waals surface area contributed by atoms with E-state index in [4.69, 9.17) is 16.9 Å². The molecule has 0 amide bonds. The molecule has 180 valence electrons. The summed E-state index contributed by atoms with van der Waals surface area (Å²) in [6.45, 7) is 0. The van der Waals surface area contributed by atoms with Gasteiger partial charge in [-0.2, -0.15) is 9.94 Å². The number of aliphatic imine (C=N–C) groups is 1. The molecule has 2 aromatic carbocycles. The summed E-state index contributed by atoms with van der Waals surface area (Å²) in [5.41, 5.74) is 5.62. The van der Waals surface area contributed by atoms with Crippen LogP contribution < -0.4 is 5.56 Å². The fraction of sp³-hybridized carbons (Fsp3) is 0.185. The quantitative estimate of drug-likeness (QED) is 0.397. The molecule has 4 aromatic rings. The van der Waals surface area contributed by atoms with Crippen LogP contribution in [0.4, 0.5) is 4.39 Å². The van der Waals surface area contributed by atoms with Gasteiger partial charge in [-0.25, -0.2) is 4.39 Å². The molecule has 0 spiro atoms. The van der Waals surface area contributed by atoms with Crippen LogP contribution in [0.15, 0.2) is 70.8 Å². The van der Waals surface area contributed by atoms with Gasteiger partial charge in [-0.05, 0) is 75.9 Å². The lowest BCUT2D eigenvalue weighted by molar-refractivity contribution is 0.584. The second-order valence-corrected chi connectivity index (χ2v) is 9.94. The molecular weight excluding hydrogens is 493 g/mol. The zero-order chi connectivity index (χ0) is 25.3. The molecular formula is C27H17ClFN7O. The van der Waals surface area contributed by atoms with Crippen LogP contribution in [0.25, 0.3) is 22.4 Å². The molecule has 0 N–H and O–H groups in total. The minimum absolute atomic E-state index is 0.0133. The smallest absolute Gasteiger partial charge is 0.251 e. The van der Waals surface area contributed by atoms with Crippen LogP contribution in [-0.2, 0) is 0 Å². The molecule has 1 aliphatic carbocycles. The zero-order valence-electron chi connectivity index (χ0n) is 19.2.